The molecule has 3 rings (SSSR count). The second-order valence-corrected chi connectivity index (χ2v) is 5.02. The fourth-order valence-electron chi connectivity index (χ4n) is 3.00. The molecule has 8 heteroatoms. The van der Waals surface area contributed by atoms with Gasteiger partial charge in [0.05, 0.1) is 6.61 Å². The first-order chi connectivity index (χ1) is 8.88. The van der Waals surface area contributed by atoms with Crippen molar-refractivity contribution in [2.24, 2.45) is 5.92 Å². The largest absolute Gasteiger partial charge is 0.393 e. The molecule has 1 aliphatic heterocycles. The van der Waals surface area contributed by atoms with E-state index in [1.807, 2.05) is 4.98 Å². The molecule has 0 radical (unpaired) electrons. The molecule has 104 valence electrons. The van der Waals surface area contributed by atoms with Crippen LogP contribution in [0.2, 0.25) is 0 Å². The minimum atomic E-state index is -1.86. The van der Waals surface area contributed by atoms with Crippen molar-refractivity contribution < 1.29 is 19.3 Å². The van der Waals surface area contributed by atoms with E-state index in [1.54, 1.807) is 6.92 Å². The molecule has 1 aromatic heterocycles. The first-order valence-corrected chi connectivity index (χ1v) is 5.85. The summed E-state index contributed by atoms with van der Waals surface area (Å²) >= 11 is 0. The van der Waals surface area contributed by atoms with Crippen LogP contribution < -0.4 is 11.2 Å². The van der Waals surface area contributed by atoms with E-state index >= 15 is 0 Å². The van der Waals surface area contributed by atoms with E-state index in [2.05, 4.69) is 0 Å². The Balaban J connectivity index is 2.02. The molecule has 3 N–H and O–H groups in total. The summed E-state index contributed by atoms with van der Waals surface area (Å²) in [6.07, 6.45) is -2.13. The maximum atomic E-state index is 14.3. The standard InChI is InChI=1S/C11H13FN2O5/c1-5-10(4-15)11(5,18)7(12)8(19-10)14-3-2-6(16)13-9(14)17/h2-3,5,7-8,15,18H,4H2,1H3,(H,13,16,17)/t5?,7-,8+,10-,11-/m0/s1. The van der Waals surface area contributed by atoms with Gasteiger partial charge in [0.25, 0.3) is 5.56 Å². The van der Waals surface area contributed by atoms with Gasteiger partial charge in [-0.05, 0) is 0 Å². The molecular formula is C11H13FN2O5. The summed E-state index contributed by atoms with van der Waals surface area (Å²) in [5.74, 6) is -0.560. The molecular weight excluding hydrogens is 259 g/mol. The highest BCUT2D eigenvalue weighted by Gasteiger charge is 2.85. The van der Waals surface area contributed by atoms with Crippen LogP contribution in [-0.2, 0) is 4.74 Å². The fraction of sp³-hybridized carbons (Fsp3) is 0.636. The Bertz CT molecular complexity index is 638. The van der Waals surface area contributed by atoms with E-state index in [9.17, 15) is 24.2 Å². The summed E-state index contributed by atoms with van der Waals surface area (Å²) in [4.78, 5) is 24.5. The zero-order chi connectivity index (χ0) is 14.0. The Kier molecular flexibility index (Phi) is 2.32. The van der Waals surface area contributed by atoms with E-state index in [0.29, 0.717) is 0 Å². The third kappa shape index (κ3) is 1.26. The quantitative estimate of drug-likeness (QED) is 0.609. The van der Waals surface area contributed by atoms with Gasteiger partial charge in [0.1, 0.15) is 11.2 Å². The normalized spacial score (nSPS) is 44.1. The van der Waals surface area contributed by atoms with E-state index in [4.69, 9.17) is 4.74 Å². The van der Waals surface area contributed by atoms with Gasteiger partial charge >= 0.3 is 5.69 Å². The maximum absolute atomic E-state index is 14.3. The van der Waals surface area contributed by atoms with Crippen molar-refractivity contribution in [3.05, 3.63) is 33.1 Å². The second kappa shape index (κ2) is 3.53. The van der Waals surface area contributed by atoms with Gasteiger partial charge in [-0.3, -0.25) is 14.3 Å². The number of hydrogen-bond acceptors (Lipinski definition) is 5. The molecule has 7 nitrogen and oxygen atoms in total. The summed E-state index contributed by atoms with van der Waals surface area (Å²) in [7, 11) is 0. The van der Waals surface area contributed by atoms with Gasteiger partial charge in [-0.2, -0.15) is 0 Å². The van der Waals surface area contributed by atoms with Crippen LogP contribution in [0.15, 0.2) is 21.9 Å². The molecule has 0 spiro atoms. The Labute approximate surface area is 106 Å². The minimum absolute atomic E-state index is 0.542. The van der Waals surface area contributed by atoms with Crippen LogP contribution in [0.3, 0.4) is 0 Å². The molecule has 19 heavy (non-hydrogen) atoms. The Hall–Kier alpha value is -1.51. The van der Waals surface area contributed by atoms with Crippen molar-refractivity contribution in [3.63, 3.8) is 0 Å². The van der Waals surface area contributed by atoms with Crippen molar-refractivity contribution in [1.82, 2.24) is 9.55 Å². The van der Waals surface area contributed by atoms with Crippen LogP contribution >= 0.6 is 0 Å². The van der Waals surface area contributed by atoms with Gasteiger partial charge in [0.2, 0.25) is 0 Å². The van der Waals surface area contributed by atoms with Gasteiger partial charge in [-0.1, -0.05) is 6.92 Å². The predicted molar refractivity (Wildman–Crippen MR) is 60.3 cm³/mol. The topological polar surface area (TPSA) is 105 Å². The van der Waals surface area contributed by atoms with Gasteiger partial charge in [-0.15, -0.1) is 0 Å². The summed E-state index contributed by atoms with van der Waals surface area (Å²) in [6.45, 7) is 1.02. The number of hydrogen-bond donors (Lipinski definition) is 3. The highest BCUT2D eigenvalue weighted by molar-refractivity contribution is 5.32. The van der Waals surface area contributed by atoms with Crippen LogP contribution in [0.25, 0.3) is 0 Å². The average Bonchev–Trinajstić information content (AvgIpc) is 2.73. The molecule has 0 aromatic carbocycles. The molecule has 1 aliphatic carbocycles. The van der Waals surface area contributed by atoms with E-state index < -0.39 is 47.4 Å². The van der Waals surface area contributed by atoms with Crippen LogP contribution in [0.4, 0.5) is 4.39 Å². The van der Waals surface area contributed by atoms with E-state index in [0.717, 1.165) is 16.8 Å². The van der Waals surface area contributed by atoms with Crippen LogP contribution in [0, 0.1) is 5.92 Å². The monoisotopic (exact) mass is 272 g/mol. The number of nitrogens with one attached hydrogen (secondary N) is 1. The number of aliphatic hydroxyl groups is 2. The molecule has 0 bridgehead atoms. The number of fused-ring (bicyclic) bond motifs is 1. The molecule has 1 saturated heterocycles. The van der Waals surface area contributed by atoms with Gasteiger partial charge < -0.3 is 14.9 Å². The molecule has 0 amide bonds. The Morgan fingerprint density at radius 2 is 2.26 bits per heavy atom. The smallest absolute Gasteiger partial charge is 0.330 e. The van der Waals surface area contributed by atoms with E-state index in [-0.39, 0.29) is 0 Å². The van der Waals surface area contributed by atoms with Crippen LogP contribution in [0.1, 0.15) is 13.2 Å². The molecule has 2 aliphatic rings. The highest BCUT2D eigenvalue weighted by Crippen LogP contribution is 2.67. The first kappa shape index (κ1) is 12.5. The minimum Gasteiger partial charge on any atom is -0.393 e. The third-order valence-corrected chi connectivity index (χ3v) is 4.32. The number of aromatic amines is 1. The van der Waals surface area contributed by atoms with Crippen molar-refractivity contribution in [2.45, 2.75) is 30.5 Å². The third-order valence-electron chi connectivity index (χ3n) is 4.32. The lowest BCUT2D eigenvalue weighted by atomic mass is 10.1. The molecule has 2 fully saturated rings. The zero-order valence-corrected chi connectivity index (χ0v) is 10.0. The summed E-state index contributed by atoms with van der Waals surface area (Å²) in [6, 6.07) is 1.06. The number of halogens is 1. The zero-order valence-electron chi connectivity index (χ0n) is 10.0. The lowest BCUT2D eigenvalue weighted by Crippen LogP contribution is -2.38. The highest BCUT2D eigenvalue weighted by atomic mass is 19.1. The number of aliphatic hydroxyl groups excluding tert-OH is 1. The second-order valence-electron chi connectivity index (χ2n) is 5.02. The molecule has 2 heterocycles. The SMILES string of the molecule is CC1[C@]2(CO)O[C@@H](n3ccc(=O)[nH]c3=O)[C@H](F)[C@@]12O. The predicted octanol–water partition coefficient (Wildman–Crippen LogP) is -1.48. The summed E-state index contributed by atoms with van der Waals surface area (Å²) in [5.41, 5.74) is -4.62. The lowest BCUT2D eigenvalue weighted by Gasteiger charge is -2.22. The number of aromatic nitrogens is 2. The molecule has 1 unspecified atom stereocenters. The maximum Gasteiger partial charge on any atom is 0.330 e. The van der Waals surface area contributed by atoms with Gasteiger partial charge in [-0.25, -0.2) is 9.18 Å². The van der Waals surface area contributed by atoms with E-state index in [1.165, 1.54) is 0 Å². The Morgan fingerprint density at radius 1 is 1.58 bits per heavy atom. The summed E-state index contributed by atoms with van der Waals surface area (Å²) in [5, 5.41) is 19.5. The fourth-order valence-corrected chi connectivity index (χ4v) is 3.00. The number of nitrogens with zero attached hydrogens (tertiary/aromatic N) is 1. The number of alkyl halides is 1. The lowest BCUT2D eigenvalue weighted by molar-refractivity contribution is -0.0900. The molecule has 1 saturated carbocycles. The summed E-state index contributed by atoms with van der Waals surface area (Å²) < 4.78 is 20.6. The Morgan fingerprint density at radius 3 is 2.79 bits per heavy atom. The van der Waals surface area contributed by atoms with Gasteiger partial charge in [0, 0.05) is 18.2 Å². The van der Waals surface area contributed by atoms with Crippen molar-refractivity contribution in [1.29, 1.82) is 0 Å². The molecule has 5 atom stereocenters. The average molecular weight is 272 g/mol. The van der Waals surface area contributed by atoms with Crippen molar-refractivity contribution in [3.8, 4) is 0 Å². The molecule has 1 aromatic rings. The van der Waals surface area contributed by atoms with Crippen molar-refractivity contribution in [2.75, 3.05) is 6.61 Å². The van der Waals surface area contributed by atoms with Gasteiger partial charge in [0.15, 0.2) is 12.4 Å². The number of rotatable bonds is 2. The van der Waals surface area contributed by atoms with Crippen molar-refractivity contribution >= 4 is 0 Å². The number of ether oxygens (including phenoxy) is 1. The first-order valence-electron chi connectivity index (χ1n) is 5.85. The number of H-pyrrole nitrogens is 1. The van der Waals surface area contributed by atoms with Crippen LogP contribution in [-0.4, -0.2) is 43.7 Å². The van der Waals surface area contributed by atoms with Crippen LogP contribution in [0.5, 0.6) is 0 Å².